The zero-order valence-electron chi connectivity index (χ0n) is 6.86. The van der Waals surface area contributed by atoms with Gasteiger partial charge in [-0.15, -0.1) is 0 Å². The molecule has 0 amide bonds. The van der Waals surface area contributed by atoms with Crippen molar-refractivity contribution < 1.29 is 0 Å². The lowest BCUT2D eigenvalue weighted by atomic mass is 10.2. The fourth-order valence-electron chi connectivity index (χ4n) is 1.56. The van der Waals surface area contributed by atoms with Gasteiger partial charge in [0.1, 0.15) is 5.69 Å². The zero-order valence-corrected chi connectivity index (χ0v) is 6.86. The van der Waals surface area contributed by atoms with E-state index in [1.165, 1.54) is 0 Å². The quantitative estimate of drug-likeness (QED) is 0.559. The van der Waals surface area contributed by atoms with Gasteiger partial charge in [0.2, 0.25) is 0 Å². The first-order valence-electron chi connectivity index (χ1n) is 4.12. The average molecular weight is 169 g/mol. The van der Waals surface area contributed by atoms with E-state index in [9.17, 15) is 0 Å². The van der Waals surface area contributed by atoms with E-state index in [0.29, 0.717) is 0 Å². The predicted molar refractivity (Wildman–Crippen MR) is 50.5 cm³/mol. The molecule has 62 valence electrons. The molecule has 1 N–H and O–H groups in total. The number of benzene rings is 1. The summed E-state index contributed by atoms with van der Waals surface area (Å²) in [5.74, 6) is 0. The van der Waals surface area contributed by atoms with Crippen LogP contribution in [0.1, 0.15) is 0 Å². The minimum atomic E-state index is 0.920. The molecular formula is C10H7N3. The van der Waals surface area contributed by atoms with E-state index in [-0.39, 0.29) is 0 Å². The fourth-order valence-corrected chi connectivity index (χ4v) is 1.56. The topological polar surface area (TPSA) is 41.6 Å². The Morgan fingerprint density at radius 2 is 2.08 bits per heavy atom. The highest BCUT2D eigenvalue weighted by atomic mass is 14.9. The molecule has 0 radical (unpaired) electrons. The van der Waals surface area contributed by atoms with Crippen LogP contribution in [-0.2, 0) is 0 Å². The number of hydrogen-bond donors (Lipinski definition) is 1. The third-order valence-electron chi connectivity index (χ3n) is 2.15. The minimum Gasteiger partial charge on any atom is -0.344 e. The van der Waals surface area contributed by atoms with Crippen LogP contribution in [0.2, 0.25) is 0 Å². The molecule has 2 aliphatic heterocycles. The second-order valence-corrected chi connectivity index (χ2v) is 2.94. The van der Waals surface area contributed by atoms with E-state index in [1.807, 2.05) is 18.2 Å². The number of para-hydroxylation sites is 1. The predicted octanol–water partition coefficient (Wildman–Crippen LogP) is 2.06. The van der Waals surface area contributed by atoms with Crippen LogP contribution < -0.4 is 0 Å². The van der Waals surface area contributed by atoms with E-state index in [1.54, 1.807) is 12.5 Å². The molecule has 2 aliphatic rings. The maximum atomic E-state index is 4.42. The van der Waals surface area contributed by atoms with Gasteiger partial charge in [-0.3, -0.25) is 0 Å². The van der Waals surface area contributed by atoms with Crippen molar-refractivity contribution in [2.75, 3.05) is 0 Å². The molecule has 1 aromatic rings. The molecule has 0 aliphatic carbocycles. The Bertz CT molecular complexity index is 527. The van der Waals surface area contributed by atoms with Crippen molar-refractivity contribution in [1.29, 1.82) is 0 Å². The fraction of sp³-hybridized carbons (Fsp3) is 0. The van der Waals surface area contributed by atoms with Gasteiger partial charge in [0, 0.05) is 5.39 Å². The first-order valence-corrected chi connectivity index (χ1v) is 4.12. The van der Waals surface area contributed by atoms with Crippen molar-refractivity contribution in [3.8, 4) is 11.4 Å². The molecule has 0 fully saturated rings. The number of aromatic amines is 1. The standard InChI is InChI=1S/C10H7N3/c1-2-4-8-7(3-1)10-9(13-8)5-11-6-12-10/h1-6H,(H,11,12). The monoisotopic (exact) mass is 169 g/mol. The van der Waals surface area contributed by atoms with Crippen LogP contribution in [0.15, 0.2) is 36.8 Å². The molecule has 3 heteroatoms. The Morgan fingerprint density at radius 1 is 1.15 bits per heavy atom. The van der Waals surface area contributed by atoms with Gasteiger partial charge in [-0.05, 0) is 6.07 Å². The van der Waals surface area contributed by atoms with Crippen molar-refractivity contribution in [3.63, 3.8) is 0 Å². The van der Waals surface area contributed by atoms with Crippen LogP contribution in [-0.4, -0.2) is 15.0 Å². The number of aromatic nitrogens is 3. The molecule has 0 atom stereocenters. The molecule has 0 spiro atoms. The second-order valence-electron chi connectivity index (χ2n) is 2.94. The first-order chi connectivity index (χ1) is 6.45. The van der Waals surface area contributed by atoms with Gasteiger partial charge < -0.3 is 4.98 Å². The lowest BCUT2D eigenvalue weighted by Gasteiger charge is -1.94. The van der Waals surface area contributed by atoms with Crippen LogP contribution in [0.3, 0.4) is 0 Å². The lowest BCUT2D eigenvalue weighted by molar-refractivity contribution is 1.16. The van der Waals surface area contributed by atoms with Crippen LogP contribution in [0.5, 0.6) is 0 Å². The van der Waals surface area contributed by atoms with E-state index in [4.69, 9.17) is 0 Å². The van der Waals surface area contributed by atoms with E-state index < -0.39 is 0 Å². The molecule has 0 saturated carbocycles. The van der Waals surface area contributed by atoms with Gasteiger partial charge in [0.05, 0.1) is 23.7 Å². The Kier molecular flexibility index (Phi) is 1.16. The third-order valence-corrected chi connectivity index (χ3v) is 2.15. The van der Waals surface area contributed by atoms with E-state index in [0.717, 1.165) is 22.3 Å². The van der Waals surface area contributed by atoms with Gasteiger partial charge in [-0.1, -0.05) is 18.2 Å². The molecule has 0 aromatic heterocycles. The van der Waals surface area contributed by atoms with Gasteiger partial charge in [-0.2, -0.15) is 0 Å². The van der Waals surface area contributed by atoms with Crippen LogP contribution in [0.4, 0.5) is 0 Å². The summed E-state index contributed by atoms with van der Waals surface area (Å²) in [6.07, 6.45) is 3.45. The van der Waals surface area contributed by atoms with Gasteiger partial charge in [0.15, 0.2) is 0 Å². The number of hydrogen-bond acceptors (Lipinski definition) is 2. The maximum absolute atomic E-state index is 4.42. The highest BCUT2D eigenvalue weighted by molar-refractivity contribution is 5.94. The van der Waals surface area contributed by atoms with Gasteiger partial charge in [-0.25, -0.2) is 9.97 Å². The second kappa shape index (κ2) is 2.29. The summed E-state index contributed by atoms with van der Waals surface area (Å²) >= 11 is 0. The molecule has 0 unspecified atom stereocenters. The Morgan fingerprint density at radius 3 is 3.08 bits per heavy atom. The van der Waals surface area contributed by atoms with Gasteiger partial charge >= 0.3 is 0 Å². The van der Waals surface area contributed by atoms with Crippen LogP contribution in [0, 0.1) is 0 Å². The Hall–Kier alpha value is -1.90. The zero-order chi connectivity index (χ0) is 8.67. The number of H-pyrrole nitrogens is 1. The lowest BCUT2D eigenvalue weighted by Crippen LogP contribution is -1.82. The van der Waals surface area contributed by atoms with Crippen molar-refractivity contribution in [1.82, 2.24) is 15.0 Å². The highest BCUT2D eigenvalue weighted by Crippen LogP contribution is 2.27. The van der Waals surface area contributed by atoms with Gasteiger partial charge in [0.25, 0.3) is 0 Å². The summed E-state index contributed by atoms with van der Waals surface area (Å²) in [5, 5.41) is 1.15. The average Bonchev–Trinajstić information content (AvgIpc) is 2.56. The van der Waals surface area contributed by atoms with Crippen molar-refractivity contribution >= 4 is 10.9 Å². The maximum Gasteiger partial charge on any atom is 0.106 e. The van der Waals surface area contributed by atoms with E-state index in [2.05, 4.69) is 21.0 Å². The summed E-state index contributed by atoms with van der Waals surface area (Å²) in [7, 11) is 0. The highest BCUT2D eigenvalue weighted by Gasteiger charge is 2.09. The third kappa shape index (κ3) is 0.839. The van der Waals surface area contributed by atoms with Crippen molar-refractivity contribution in [2.45, 2.75) is 0 Å². The Labute approximate surface area is 74.8 Å². The summed E-state index contributed by atoms with van der Waals surface area (Å²) in [5.41, 5.74) is 3.00. The summed E-state index contributed by atoms with van der Waals surface area (Å²) in [6.45, 7) is 0. The smallest absolute Gasteiger partial charge is 0.106 e. The van der Waals surface area contributed by atoms with Crippen LogP contribution in [0.25, 0.3) is 22.3 Å². The number of nitrogens with zero attached hydrogens (tertiary/aromatic N) is 2. The number of fused-ring (bicyclic) bond motifs is 3. The molecule has 1 aromatic carbocycles. The molecule has 3 rings (SSSR count). The normalized spacial score (nSPS) is 11.1. The van der Waals surface area contributed by atoms with Crippen molar-refractivity contribution in [3.05, 3.63) is 36.8 Å². The van der Waals surface area contributed by atoms with Crippen LogP contribution >= 0.6 is 0 Å². The molecule has 0 saturated heterocycles. The minimum absolute atomic E-state index is 0.920. The Balaban J connectivity index is 2.56. The molecular weight excluding hydrogens is 162 g/mol. The largest absolute Gasteiger partial charge is 0.344 e. The summed E-state index contributed by atoms with van der Waals surface area (Å²) < 4.78 is 0. The number of nitrogens with one attached hydrogen (secondary N) is 1. The molecule has 0 bridgehead atoms. The van der Waals surface area contributed by atoms with Crippen molar-refractivity contribution in [2.24, 2.45) is 0 Å². The summed E-state index contributed by atoms with van der Waals surface area (Å²) in [6, 6.07) is 8.06. The van der Waals surface area contributed by atoms with E-state index >= 15 is 0 Å². The molecule has 13 heavy (non-hydrogen) atoms. The summed E-state index contributed by atoms with van der Waals surface area (Å²) in [4.78, 5) is 11.5. The molecule has 3 nitrogen and oxygen atoms in total. The number of rotatable bonds is 0. The SMILES string of the molecule is c1ccc2c3[nH]cncc-3nc2c1. The first kappa shape index (κ1) is 6.60. The molecule has 2 heterocycles.